The number of hydrogen-bond donors (Lipinski definition) is 1. The molecule has 0 bridgehead atoms. The quantitative estimate of drug-likeness (QED) is 0.922. The van der Waals surface area contributed by atoms with Crippen molar-refractivity contribution in [3.8, 4) is 0 Å². The van der Waals surface area contributed by atoms with Crippen molar-refractivity contribution in [2.24, 2.45) is 11.7 Å². The zero-order valence-corrected chi connectivity index (χ0v) is 14.5. The molecule has 1 aromatic carbocycles. The van der Waals surface area contributed by atoms with Crippen molar-refractivity contribution < 1.29 is 9.53 Å². The largest absolute Gasteiger partial charge is 0.370 e. The van der Waals surface area contributed by atoms with E-state index in [0.717, 1.165) is 24.8 Å². The Morgan fingerprint density at radius 3 is 2.70 bits per heavy atom. The van der Waals surface area contributed by atoms with E-state index in [2.05, 4.69) is 19.1 Å². The minimum Gasteiger partial charge on any atom is -0.370 e. The molecule has 2 fully saturated rings. The smallest absolute Gasteiger partial charge is 0.223 e. The average molecular weight is 339 g/mol. The van der Waals surface area contributed by atoms with Gasteiger partial charge in [-0.05, 0) is 31.2 Å². The van der Waals surface area contributed by atoms with Crippen molar-refractivity contribution in [1.82, 2.24) is 4.90 Å². The van der Waals surface area contributed by atoms with Crippen molar-refractivity contribution in [3.63, 3.8) is 0 Å². The highest BCUT2D eigenvalue weighted by atomic mass is 35.5. The van der Waals surface area contributed by atoms with E-state index in [-0.39, 0.29) is 36.5 Å². The van der Waals surface area contributed by atoms with E-state index in [1.165, 1.54) is 0 Å². The summed E-state index contributed by atoms with van der Waals surface area (Å²) >= 11 is 0. The van der Waals surface area contributed by atoms with Gasteiger partial charge < -0.3 is 15.4 Å². The molecule has 4 atom stereocenters. The number of hydrogen-bond acceptors (Lipinski definition) is 3. The van der Waals surface area contributed by atoms with Crippen LogP contribution in [0.2, 0.25) is 0 Å². The lowest BCUT2D eigenvalue weighted by molar-refractivity contribution is -0.145. The van der Waals surface area contributed by atoms with Crippen LogP contribution in [-0.2, 0) is 9.53 Å². The van der Waals surface area contributed by atoms with Crippen LogP contribution >= 0.6 is 12.4 Å². The molecule has 1 aliphatic carbocycles. The highest BCUT2D eigenvalue weighted by Gasteiger charge is 2.33. The SMILES string of the molecule is CC1COC(c2ccccc2)CN1C(=O)C[C@@H]1CCC[C@H]1N.Cl. The van der Waals surface area contributed by atoms with Crippen LogP contribution in [0.3, 0.4) is 0 Å². The summed E-state index contributed by atoms with van der Waals surface area (Å²) in [6.07, 6.45) is 3.88. The van der Waals surface area contributed by atoms with Crippen molar-refractivity contribution in [1.29, 1.82) is 0 Å². The van der Waals surface area contributed by atoms with E-state index in [4.69, 9.17) is 10.5 Å². The topological polar surface area (TPSA) is 55.6 Å². The molecule has 5 heteroatoms. The number of rotatable bonds is 3. The Kier molecular flexibility index (Phi) is 6.45. The van der Waals surface area contributed by atoms with Crippen molar-refractivity contribution >= 4 is 18.3 Å². The number of nitrogens with zero attached hydrogens (tertiary/aromatic N) is 1. The van der Waals surface area contributed by atoms with Gasteiger partial charge >= 0.3 is 0 Å². The van der Waals surface area contributed by atoms with Crippen LogP contribution in [0.15, 0.2) is 30.3 Å². The van der Waals surface area contributed by atoms with Crippen LogP contribution in [-0.4, -0.2) is 36.0 Å². The second-order valence-corrected chi connectivity index (χ2v) is 6.69. The van der Waals surface area contributed by atoms with Gasteiger partial charge in [-0.25, -0.2) is 0 Å². The highest BCUT2D eigenvalue weighted by Crippen LogP contribution is 2.30. The molecule has 0 spiro atoms. The standard InChI is InChI=1S/C18H26N2O2.ClH/c1-13-12-22-17(14-6-3-2-4-7-14)11-20(13)18(21)10-15-8-5-9-16(15)19;/h2-4,6-7,13,15-17H,5,8-12,19H2,1H3;1H/t13?,15-,16+,17?;/m0./s1. The first kappa shape index (κ1) is 18.2. The van der Waals surface area contributed by atoms with Gasteiger partial charge in [0.1, 0.15) is 6.10 Å². The van der Waals surface area contributed by atoms with E-state index in [0.29, 0.717) is 25.5 Å². The zero-order valence-electron chi connectivity index (χ0n) is 13.7. The predicted octanol–water partition coefficient (Wildman–Crippen LogP) is 2.91. The Morgan fingerprint density at radius 2 is 2.04 bits per heavy atom. The van der Waals surface area contributed by atoms with Gasteiger partial charge in [0.25, 0.3) is 0 Å². The van der Waals surface area contributed by atoms with Gasteiger partial charge in [-0.1, -0.05) is 36.8 Å². The average Bonchev–Trinajstić information content (AvgIpc) is 2.93. The van der Waals surface area contributed by atoms with Crippen LogP contribution in [0.4, 0.5) is 0 Å². The summed E-state index contributed by atoms with van der Waals surface area (Å²) < 4.78 is 5.93. The fourth-order valence-corrected chi connectivity index (χ4v) is 3.63. The summed E-state index contributed by atoms with van der Waals surface area (Å²) in [4.78, 5) is 14.7. The van der Waals surface area contributed by atoms with Gasteiger partial charge in [0.15, 0.2) is 0 Å². The summed E-state index contributed by atoms with van der Waals surface area (Å²) in [6, 6.07) is 10.5. The van der Waals surface area contributed by atoms with E-state index in [1.807, 2.05) is 23.1 Å². The number of carbonyl (C=O) groups excluding carboxylic acids is 1. The van der Waals surface area contributed by atoms with Gasteiger partial charge in [-0.3, -0.25) is 4.79 Å². The number of halogens is 1. The molecule has 0 aromatic heterocycles. The molecule has 1 heterocycles. The first-order valence-corrected chi connectivity index (χ1v) is 8.36. The van der Waals surface area contributed by atoms with Crippen LogP contribution in [0, 0.1) is 5.92 Å². The molecule has 2 unspecified atom stereocenters. The van der Waals surface area contributed by atoms with E-state index in [9.17, 15) is 4.79 Å². The lowest BCUT2D eigenvalue weighted by Gasteiger charge is -2.39. The fourth-order valence-electron chi connectivity index (χ4n) is 3.63. The van der Waals surface area contributed by atoms with Crippen molar-refractivity contribution in [3.05, 3.63) is 35.9 Å². The lowest BCUT2D eigenvalue weighted by Crippen LogP contribution is -2.49. The predicted molar refractivity (Wildman–Crippen MR) is 93.5 cm³/mol. The maximum Gasteiger partial charge on any atom is 0.223 e. The minimum absolute atomic E-state index is 0. The van der Waals surface area contributed by atoms with E-state index in [1.54, 1.807) is 0 Å². The first-order chi connectivity index (χ1) is 10.6. The lowest BCUT2D eigenvalue weighted by atomic mass is 9.98. The van der Waals surface area contributed by atoms with Crippen LogP contribution in [0.25, 0.3) is 0 Å². The Morgan fingerprint density at radius 1 is 1.30 bits per heavy atom. The molecular weight excluding hydrogens is 312 g/mol. The molecule has 1 amide bonds. The third-order valence-corrected chi connectivity index (χ3v) is 5.08. The second-order valence-electron chi connectivity index (χ2n) is 6.69. The summed E-state index contributed by atoms with van der Waals surface area (Å²) in [6.45, 7) is 3.31. The van der Waals surface area contributed by atoms with Crippen LogP contribution < -0.4 is 5.73 Å². The number of amides is 1. The molecule has 4 nitrogen and oxygen atoms in total. The molecule has 3 rings (SSSR count). The molecule has 2 aliphatic rings. The normalized spacial score (nSPS) is 30.8. The van der Waals surface area contributed by atoms with Gasteiger partial charge in [-0.2, -0.15) is 0 Å². The highest BCUT2D eigenvalue weighted by molar-refractivity contribution is 5.85. The third kappa shape index (κ3) is 4.25. The molecule has 1 saturated carbocycles. The summed E-state index contributed by atoms with van der Waals surface area (Å²) in [5.74, 6) is 0.594. The molecule has 1 aromatic rings. The Labute approximate surface area is 144 Å². The number of carbonyl (C=O) groups is 1. The van der Waals surface area contributed by atoms with Gasteiger partial charge in [-0.15, -0.1) is 12.4 Å². The molecular formula is C18H27ClN2O2. The van der Waals surface area contributed by atoms with E-state index < -0.39 is 0 Å². The Hall–Kier alpha value is -1.10. The monoisotopic (exact) mass is 338 g/mol. The summed E-state index contributed by atoms with van der Waals surface area (Å²) in [5, 5.41) is 0. The second kappa shape index (κ2) is 8.13. The number of nitrogens with two attached hydrogens (primary N) is 1. The van der Waals surface area contributed by atoms with E-state index >= 15 is 0 Å². The molecule has 1 saturated heterocycles. The molecule has 128 valence electrons. The molecule has 0 radical (unpaired) electrons. The number of benzene rings is 1. The maximum absolute atomic E-state index is 12.7. The summed E-state index contributed by atoms with van der Waals surface area (Å²) in [7, 11) is 0. The third-order valence-electron chi connectivity index (χ3n) is 5.08. The number of morpholine rings is 1. The Bertz CT molecular complexity index is 511. The van der Waals surface area contributed by atoms with Crippen molar-refractivity contribution in [2.45, 2.75) is 50.8 Å². The maximum atomic E-state index is 12.7. The Balaban J connectivity index is 0.00000192. The van der Waals surface area contributed by atoms with Crippen molar-refractivity contribution in [2.75, 3.05) is 13.2 Å². The molecule has 1 aliphatic heterocycles. The van der Waals surface area contributed by atoms with Crippen LogP contribution in [0.5, 0.6) is 0 Å². The van der Waals surface area contributed by atoms with Gasteiger partial charge in [0, 0.05) is 12.5 Å². The van der Waals surface area contributed by atoms with Crippen LogP contribution in [0.1, 0.15) is 44.3 Å². The fraction of sp³-hybridized carbons (Fsp3) is 0.611. The van der Waals surface area contributed by atoms with Gasteiger partial charge in [0.2, 0.25) is 5.91 Å². The molecule has 2 N–H and O–H groups in total. The van der Waals surface area contributed by atoms with Gasteiger partial charge in [0.05, 0.1) is 19.2 Å². The minimum atomic E-state index is -0.0152. The summed E-state index contributed by atoms with van der Waals surface area (Å²) in [5.41, 5.74) is 7.26. The molecule has 23 heavy (non-hydrogen) atoms. The first-order valence-electron chi connectivity index (χ1n) is 8.36. The number of ether oxygens (including phenoxy) is 1. The zero-order chi connectivity index (χ0) is 15.5.